The summed E-state index contributed by atoms with van der Waals surface area (Å²) in [6.45, 7) is 0. The molecule has 0 radical (unpaired) electrons. The van der Waals surface area contributed by atoms with Crippen LogP contribution in [0.15, 0.2) is 23.4 Å². The molecule has 1 aliphatic rings. The van der Waals surface area contributed by atoms with E-state index in [2.05, 4.69) is 10.5 Å². The first-order valence-electron chi connectivity index (χ1n) is 6.67. The molecule has 5 nitrogen and oxygen atoms in total. The van der Waals surface area contributed by atoms with Crippen LogP contribution in [0.3, 0.4) is 0 Å². The van der Waals surface area contributed by atoms with Crippen LogP contribution in [0.4, 0.5) is 10.1 Å². The van der Waals surface area contributed by atoms with Crippen LogP contribution in [0.2, 0.25) is 0 Å². The van der Waals surface area contributed by atoms with Crippen molar-refractivity contribution in [1.29, 1.82) is 0 Å². The number of benzene rings is 1. The van der Waals surface area contributed by atoms with Gasteiger partial charge in [-0.3, -0.25) is 4.79 Å². The summed E-state index contributed by atoms with van der Waals surface area (Å²) < 4.78 is 13.5. The zero-order chi connectivity index (χ0) is 14.5. The number of amidine groups is 1. The van der Waals surface area contributed by atoms with E-state index in [-0.39, 0.29) is 17.3 Å². The van der Waals surface area contributed by atoms with E-state index in [1.54, 1.807) is 0 Å². The highest BCUT2D eigenvalue weighted by atomic mass is 19.1. The molecular formula is C14H18FN3O2. The lowest BCUT2D eigenvalue weighted by Gasteiger charge is -2.10. The van der Waals surface area contributed by atoms with Gasteiger partial charge >= 0.3 is 0 Å². The summed E-state index contributed by atoms with van der Waals surface area (Å²) in [5.41, 5.74) is 5.78. The molecule has 0 atom stereocenters. The summed E-state index contributed by atoms with van der Waals surface area (Å²) in [6, 6.07) is 3.99. The fourth-order valence-corrected chi connectivity index (χ4v) is 2.54. The predicted octanol–water partition coefficient (Wildman–Crippen LogP) is 2.44. The van der Waals surface area contributed by atoms with Crippen LogP contribution in [-0.4, -0.2) is 17.0 Å². The number of carbonyl (C=O) groups is 1. The summed E-state index contributed by atoms with van der Waals surface area (Å²) >= 11 is 0. The number of nitrogens with zero attached hydrogens (tertiary/aromatic N) is 1. The number of anilines is 1. The predicted molar refractivity (Wildman–Crippen MR) is 74.1 cm³/mol. The Bertz CT molecular complexity index is 525. The van der Waals surface area contributed by atoms with E-state index in [1.165, 1.54) is 31.0 Å². The molecule has 1 aromatic carbocycles. The number of nitrogens with one attached hydrogen (secondary N) is 1. The van der Waals surface area contributed by atoms with Crippen LogP contribution in [0, 0.1) is 11.7 Å². The molecule has 108 valence electrons. The highest BCUT2D eigenvalue weighted by Gasteiger charge is 2.18. The molecule has 20 heavy (non-hydrogen) atoms. The molecule has 0 aromatic heterocycles. The number of amides is 1. The van der Waals surface area contributed by atoms with E-state index in [0.717, 1.165) is 12.8 Å². The molecule has 0 bridgehead atoms. The second-order valence-electron chi connectivity index (χ2n) is 5.08. The molecule has 0 heterocycles. The van der Waals surface area contributed by atoms with Gasteiger partial charge < -0.3 is 16.3 Å². The lowest BCUT2D eigenvalue weighted by Crippen LogP contribution is -2.18. The SMILES string of the molecule is NC(=NO)c1cc(NC(=O)CC2CCCC2)ccc1F. The van der Waals surface area contributed by atoms with Crippen molar-refractivity contribution in [3.8, 4) is 0 Å². The van der Waals surface area contributed by atoms with Gasteiger partial charge in [-0.1, -0.05) is 18.0 Å². The number of hydrogen-bond donors (Lipinski definition) is 3. The molecule has 1 aliphatic carbocycles. The molecule has 1 saturated carbocycles. The second-order valence-corrected chi connectivity index (χ2v) is 5.08. The van der Waals surface area contributed by atoms with E-state index in [9.17, 15) is 9.18 Å². The Kier molecular flexibility index (Phi) is 4.55. The Hall–Kier alpha value is -2.11. The molecule has 1 aromatic rings. The van der Waals surface area contributed by atoms with Gasteiger partial charge in [0.15, 0.2) is 5.84 Å². The maximum Gasteiger partial charge on any atom is 0.224 e. The molecule has 1 fully saturated rings. The third-order valence-electron chi connectivity index (χ3n) is 3.58. The van der Waals surface area contributed by atoms with Crippen LogP contribution in [0.1, 0.15) is 37.7 Å². The molecule has 4 N–H and O–H groups in total. The largest absolute Gasteiger partial charge is 0.409 e. The quantitative estimate of drug-likeness (QED) is 0.342. The number of hydrogen-bond acceptors (Lipinski definition) is 3. The van der Waals surface area contributed by atoms with Gasteiger partial charge in [0.2, 0.25) is 5.91 Å². The highest BCUT2D eigenvalue weighted by Crippen LogP contribution is 2.27. The fourth-order valence-electron chi connectivity index (χ4n) is 2.54. The fraction of sp³-hybridized carbons (Fsp3) is 0.429. The average molecular weight is 279 g/mol. The smallest absolute Gasteiger partial charge is 0.224 e. The topological polar surface area (TPSA) is 87.7 Å². The van der Waals surface area contributed by atoms with Crippen LogP contribution in [-0.2, 0) is 4.79 Å². The first-order valence-corrected chi connectivity index (χ1v) is 6.67. The Morgan fingerprint density at radius 3 is 2.80 bits per heavy atom. The van der Waals surface area contributed by atoms with Crippen molar-refractivity contribution in [2.45, 2.75) is 32.1 Å². The number of carbonyl (C=O) groups excluding carboxylic acids is 1. The molecular weight excluding hydrogens is 261 g/mol. The van der Waals surface area contributed by atoms with E-state index in [1.807, 2.05) is 0 Å². The van der Waals surface area contributed by atoms with Crippen LogP contribution < -0.4 is 11.1 Å². The summed E-state index contributed by atoms with van der Waals surface area (Å²) in [5, 5.41) is 14.1. The van der Waals surface area contributed by atoms with Crippen molar-refractivity contribution >= 4 is 17.4 Å². The molecule has 0 unspecified atom stereocenters. The van der Waals surface area contributed by atoms with E-state index >= 15 is 0 Å². The van der Waals surface area contributed by atoms with Crippen molar-refractivity contribution in [3.05, 3.63) is 29.6 Å². The van der Waals surface area contributed by atoms with Gasteiger partial charge in [0, 0.05) is 12.1 Å². The molecule has 1 amide bonds. The second kappa shape index (κ2) is 6.36. The van der Waals surface area contributed by atoms with Gasteiger partial charge in [-0.15, -0.1) is 0 Å². The van der Waals surface area contributed by atoms with Gasteiger partial charge in [0.05, 0.1) is 5.56 Å². The van der Waals surface area contributed by atoms with Crippen LogP contribution in [0.25, 0.3) is 0 Å². The number of nitrogens with two attached hydrogens (primary N) is 1. The average Bonchev–Trinajstić information content (AvgIpc) is 2.92. The maximum absolute atomic E-state index is 13.5. The zero-order valence-corrected chi connectivity index (χ0v) is 11.1. The molecule has 0 spiro atoms. The van der Waals surface area contributed by atoms with Crippen molar-refractivity contribution in [2.24, 2.45) is 16.8 Å². The van der Waals surface area contributed by atoms with Crippen molar-refractivity contribution in [2.75, 3.05) is 5.32 Å². The minimum Gasteiger partial charge on any atom is -0.409 e. The molecule has 0 saturated heterocycles. The number of oxime groups is 1. The Labute approximate surface area is 116 Å². The van der Waals surface area contributed by atoms with Gasteiger partial charge in [0.25, 0.3) is 0 Å². The molecule has 2 rings (SSSR count). The lowest BCUT2D eigenvalue weighted by atomic mass is 10.0. The number of rotatable bonds is 4. The Balaban J connectivity index is 2.03. The summed E-state index contributed by atoms with van der Waals surface area (Å²) in [6.07, 6.45) is 5.03. The van der Waals surface area contributed by atoms with Crippen molar-refractivity contribution in [3.63, 3.8) is 0 Å². The van der Waals surface area contributed by atoms with Gasteiger partial charge in [-0.2, -0.15) is 0 Å². The Morgan fingerprint density at radius 1 is 1.45 bits per heavy atom. The molecule has 0 aliphatic heterocycles. The van der Waals surface area contributed by atoms with Gasteiger partial charge in [-0.25, -0.2) is 4.39 Å². The minimum absolute atomic E-state index is 0.0360. The van der Waals surface area contributed by atoms with E-state index in [4.69, 9.17) is 10.9 Å². The summed E-state index contributed by atoms with van der Waals surface area (Å²) in [4.78, 5) is 11.9. The highest BCUT2D eigenvalue weighted by molar-refractivity contribution is 5.99. The summed E-state index contributed by atoms with van der Waals surface area (Å²) in [7, 11) is 0. The van der Waals surface area contributed by atoms with Crippen molar-refractivity contribution in [1.82, 2.24) is 0 Å². The summed E-state index contributed by atoms with van der Waals surface area (Å²) in [5.74, 6) is -0.573. The van der Waals surface area contributed by atoms with Crippen LogP contribution in [0.5, 0.6) is 0 Å². The maximum atomic E-state index is 13.5. The number of halogens is 1. The van der Waals surface area contributed by atoms with E-state index in [0.29, 0.717) is 18.0 Å². The van der Waals surface area contributed by atoms with Crippen LogP contribution >= 0.6 is 0 Å². The van der Waals surface area contributed by atoms with Gasteiger partial charge in [0.1, 0.15) is 5.82 Å². The van der Waals surface area contributed by atoms with E-state index < -0.39 is 5.82 Å². The monoisotopic (exact) mass is 279 g/mol. The third kappa shape index (κ3) is 3.46. The van der Waals surface area contributed by atoms with Gasteiger partial charge in [-0.05, 0) is 37.0 Å². The third-order valence-corrected chi connectivity index (χ3v) is 3.58. The lowest BCUT2D eigenvalue weighted by molar-refractivity contribution is -0.117. The molecule has 6 heteroatoms. The first-order chi connectivity index (χ1) is 9.60. The zero-order valence-electron chi connectivity index (χ0n) is 11.1. The Morgan fingerprint density at radius 2 is 2.15 bits per heavy atom. The minimum atomic E-state index is -0.603. The first kappa shape index (κ1) is 14.3. The standard InChI is InChI=1S/C14H18FN3O2/c15-12-6-5-10(8-11(12)14(16)18-20)17-13(19)7-9-3-1-2-4-9/h5-6,8-9,20H,1-4,7H2,(H2,16,18)(H,17,19). The van der Waals surface area contributed by atoms with Crippen molar-refractivity contribution < 1.29 is 14.4 Å². The normalized spacial score (nSPS) is 16.4.